The highest BCUT2D eigenvalue weighted by molar-refractivity contribution is 5.66. The Morgan fingerprint density at radius 2 is 1.95 bits per heavy atom. The molecule has 1 aromatic carbocycles. The number of rotatable bonds is 4. The van der Waals surface area contributed by atoms with Crippen molar-refractivity contribution in [3.8, 4) is 17.0 Å². The number of hydrogen-bond acceptors (Lipinski definition) is 3. The number of nitrogens with two attached hydrogens (primary N) is 1. The van der Waals surface area contributed by atoms with Crippen molar-refractivity contribution in [3.63, 3.8) is 0 Å². The van der Waals surface area contributed by atoms with E-state index in [1.54, 1.807) is 0 Å². The van der Waals surface area contributed by atoms with Crippen LogP contribution < -0.4 is 10.5 Å². The molecule has 2 rings (SSSR count). The van der Waals surface area contributed by atoms with Gasteiger partial charge in [0.15, 0.2) is 0 Å². The Morgan fingerprint density at radius 3 is 2.53 bits per heavy atom. The Balaban J connectivity index is 2.47. The molecule has 0 atom stereocenters. The van der Waals surface area contributed by atoms with E-state index in [0.29, 0.717) is 13.2 Å². The number of aromatic nitrogens is 2. The molecular weight excluding hydrogens is 238 g/mol. The minimum Gasteiger partial charge on any atom is -0.494 e. The van der Waals surface area contributed by atoms with Gasteiger partial charge >= 0.3 is 0 Å². The van der Waals surface area contributed by atoms with Gasteiger partial charge in [0.1, 0.15) is 5.75 Å². The Labute approximate surface area is 114 Å². The predicted octanol–water partition coefficient (Wildman–Crippen LogP) is 2.56. The number of nitrogens with zero attached hydrogens (tertiary/aromatic N) is 2. The molecule has 1 heterocycles. The third kappa shape index (κ3) is 2.63. The maximum absolute atomic E-state index is 5.69. The highest BCUT2D eigenvalue weighted by atomic mass is 16.5. The van der Waals surface area contributed by atoms with Gasteiger partial charge in [0.25, 0.3) is 0 Å². The Morgan fingerprint density at radius 1 is 1.21 bits per heavy atom. The molecular formula is C15H21N3O. The quantitative estimate of drug-likeness (QED) is 0.918. The molecule has 0 saturated carbocycles. The van der Waals surface area contributed by atoms with Gasteiger partial charge in [0.05, 0.1) is 18.0 Å². The van der Waals surface area contributed by atoms with Crippen LogP contribution in [0.4, 0.5) is 0 Å². The highest BCUT2D eigenvalue weighted by Gasteiger charge is 2.11. The fourth-order valence-electron chi connectivity index (χ4n) is 2.21. The molecule has 0 saturated heterocycles. The third-order valence-electron chi connectivity index (χ3n) is 3.28. The molecule has 4 nitrogen and oxygen atoms in total. The Hall–Kier alpha value is -1.81. The molecule has 0 aliphatic rings. The maximum Gasteiger partial charge on any atom is 0.122 e. The molecule has 0 spiro atoms. The summed E-state index contributed by atoms with van der Waals surface area (Å²) in [6, 6.07) is 6.25. The summed E-state index contributed by atoms with van der Waals surface area (Å²) in [7, 11) is 1.92. The number of ether oxygens (including phenoxy) is 1. The van der Waals surface area contributed by atoms with Gasteiger partial charge in [-0.2, -0.15) is 5.10 Å². The van der Waals surface area contributed by atoms with Gasteiger partial charge < -0.3 is 10.5 Å². The normalized spacial score (nSPS) is 10.8. The van der Waals surface area contributed by atoms with Gasteiger partial charge in [-0.1, -0.05) is 0 Å². The molecule has 4 heteroatoms. The van der Waals surface area contributed by atoms with E-state index < -0.39 is 0 Å². The number of benzene rings is 1. The number of aryl methyl sites for hydroxylation is 3. The van der Waals surface area contributed by atoms with E-state index in [2.05, 4.69) is 31.1 Å². The molecule has 0 fully saturated rings. The van der Waals surface area contributed by atoms with Crippen LogP contribution in [0.15, 0.2) is 18.2 Å². The molecule has 19 heavy (non-hydrogen) atoms. The van der Waals surface area contributed by atoms with E-state index in [1.165, 1.54) is 0 Å². The van der Waals surface area contributed by atoms with Crippen molar-refractivity contribution in [2.75, 3.05) is 6.61 Å². The topological polar surface area (TPSA) is 53.1 Å². The molecule has 0 radical (unpaired) electrons. The van der Waals surface area contributed by atoms with Crippen molar-refractivity contribution in [2.24, 2.45) is 12.8 Å². The fraction of sp³-hybridized carbons (Fsp3) is 0.400. The first-order valence-corrected chi connectivity index (χ1v) is 6.54. The van der Waals surface area contributed by atoms with Gasteiger partial charge in [-0.15, -0.1) is 0 Å². The number of hydrogen-bond donors (Lipinski definition) is 1. The van der Waals surface area contributed by atoms with Crippen LogP contribution in [0.5, 0.6) is 5.75 Å². The monoisotopic (exact) mass is 259 g/mol. The lowest BCUT2D eigenvalue weighted by Crippen LogP contribution is -2.03. The van der Waals surface area contributed by atoms with Crippen molar-refractivity contribution in [1.29, 1.82) is 0 Å². The highest BCUT2D eigenvalue weighted by Crippen LogP contribution is 2.29. The standard InChI is InChI=1S/C15H21N3O/c1-5-19-15-7-10(2)13(6-11(15)3)14-8-12(9-16)18(4)17-14/h6-8H,5,9,16H2,1-4H3. The smallest absolute Gasteiger partial charge is 0.122 e. The van der Waals surface area contributed by atoms with E-state index in [-0.39, 0.29) is 0 Å². The molecule has 2 N–H and O–H groups in total. The van der Waals surface area contributed by atoms with Crippen molar-refractivity contribution < 1.29 is 4.74 Å². The zero-order valence-electron chi connectivity index (χ0n) is 12.0. The van der Waals surface area contributed by atoms with Crippen LogP contribution in [0.2, 0.25) is 0 Å². The van der Waals surface area contributed by atoms with Crippen LogP contribution in [0, 0.1) is 13.8 Å². The van der Waals surface area contributed by atoms with Crippen LogP contribution in [0.1, 0.15) is 23.7 Å². The molecule has 0 aliphatic heterocycles. The van der Waals surface area contributed by atoms with Crippen molar-refractivity contribution >= 4 is 0 Å². The summed E-state index contributed by atoms with van der Waals surface area (Å²) in [5, 5.41) is 4.53. The molecule has 0 bridgehead atoms. The average Bonchev–Trinajstić information content (AvgIpc) is 2.75. The molecule has 0 unspecified atom stereocenters. The van der Waals surface area contributed by atoms with E-state index in [9.17, 15) is 0 Å². The maximum atomic E-state index is 5.69. The van der Waals surface area contributed by atoms with Gasteiger partial charge in [0, 0.05) is 19.2 Å². The SMILES string of the molecule is CCOc1cc(C)c(-c2cc(CN)n(C)n2)cc1C. The first kappa shape index (κ1) is 13.6. The summed E-state index contributed by atoms with van der Waals surface area (Å²) in [5.74, 6) is 0.943. The van der Waals surface area contributed by atoms with Crippen molar-refractivity contribution in [1.82, 2.24) is 9.78 Å². The van der Waals surface area contributed by atoms with E-state index in [4.69, 9.17) is 10.5 Å². The zero-order valence-corrected chi connectivity index (χ0v) is 12.0. The molecule has 102 valence electrons. The average molecular weight is 259 g/mol. The van der Waals surface area contributed by atoms with E-state index >= 15 is 0 Å². The first-order valence-electron chi connectivity index (χ1n) is 6.54. The van der Waals surface area contributed by atoms with Crippen LogP contribution in [0.3, 0.4) is 0 Å². The molecule has 0 aliphatic carbocycles. The van der Waals surface area contributed by atoms with Gasteiger partial charge in [-0.25, -0.2) is 0 Å². The first-order chi connectivity index (χ1) is 9.06. The fourth-order valence-corrected chi connectivity index (χ4v) is 2.21. The minimum atomic E-state index is 0.499. The minimum absolute atomic E-state index is 0.499. The molecule has 0 amide bonds. The Kier molecular flexibility index (Phi) is 3.90. The lowest BCUT2D eigenvalue weighted by Gasteiger charge is -2.11. The summed E-state index contributed by atoms with van der Waals surface area (Å²) in [4.78, 5) is 0. The predicted molar refractivity (Wildman–Crippen MR) is 77.2 cm³/mol. The van der Waals surface area contributed by atoms with Gasteiger partial charge in [-0.05, 0) is 50.1 Å². The second kappa shape index (κ2) is 5.45. The second-order valence-electron chi connectivity index (χ2n) is 4.71. The Bertz CT molecular complexity index is 587. The van der Waals surface area contributed by atoms with Crippen LogP contribution in [0.25, 0.3) is 11.3 Å². The zero-order chi connectivity index (χ0) is 14.0. The van der Waals surface area contributed by atoms with Crippen LogP contribution in [-0.4, -0.2) is 16.4 Å². The third-order valence-corrected chi connectivity index (χ3v) is 3.28. The molecule has 2 aromatic rings. The van der Waals surface area contributed by atoms with E-state index in [0.717, 1.165) is 33.8 Å². The van der Waals surface area contributed by atoms with Crippen LogP contribution >= 0.6 is 0 Å². The van der Waals surface area contributed by atoms with Crippen molar-refractivity contribution in [3.05, 3.63) is 35.0 Å². The summed E-state index contributed by atoms with van der Waals surface area (Å²) in [6.07, 6.45) is 0. The van der Waals surface area contributed by atoms with Gasteiger partial charge in [0.2, 0.25) is 0 Å². The summed E-state index contributed by atoms with van der Waals surface area (Å²) < 4.78 is 7.45. The largest absolute Gasteiger partial charge is 0.494 e. The van der Waals surface area contributed by atoms with Crippen LogP contribution in [-0.2, 0) is 13.6 Å². The second-order valence-corrected chi connectivity index (χ2v) is 4.71. The van der Waals surface area contributed by atoms with E-state index in [1.807, 2.05) is 24.7 Å². The summed E-state index contributed by atoms with van der Waals surface area (Å²) >= 11 is 0. The molecule has 1 aromatic heterocycles. The summed E-state index contributed by atoms with van der Waals surface area (Å²) in [5.41, 5.74) is 11.1. The lowest BCUT2D eigenvalue weighted by molar-refractivity contribution is 0.337. The summed E-state index contributed by atoms with van der Waals surface area (Å²) in [6.45, 7) is 7.31. The van der Waals surface area contributed by atoms with Gasteiger partial charge in [-0.3, -0.25) is 4.68 Å². The van der Waals surface area contributed by atoms with Crippen molar-refractivity contribution in [2.45, 2.75) is 27.3 Å². The lowest BCUT2D eigenvalue weighted by atomic mass is 10.0.